The molecule has 0 aromatic heterocycles. The van der Waals surface area contributed by atoms with Gasteiger partial charge in [0.1, 0.15) is 5.75 Å². The van der Waals surface area contributed by atoms with Crippen LogP contribution in [0, 0.1) is 12.8 Å². The Kier molecular flexibility index (Phi) is 4.52. The zero-order valence-electron chi connectivity index (χ0n) is 10.5. The first kappa shape index (κ1) is 13.5. The van der Waals surface area contributed by atoms with Crippen molar-refractivity contribution in [2.24, 2.45) is 11.7 Å². The van der Waals surface area contributed by atoms with Gasteiger partial charge in [-0.25, -0.2) is 0 Å². The van der Waals surface area contributed by atoms with Crippen LogP contribution in [0.5, 0.6) is 5.75 Å². The van der Waals surface area contributed by atoms with Crippen LogP contribution in [0.15, 0.2) is 18.2 Å². The number of phenolic OH excluding ortho intramolecular Hbond substituents is 1. The van der Waals surface area contributed by atoms with Gasteiger partial charge in [0.2, 0.25) is 5.91 Å². The van der Waals surface area contributed by atoms with E-state index in [1.807, 2.05) is 20.8 Å². The number of hydrogen-bond donors (Lipinski definition) is 3. The van der Waals surface area contributed by atoms with Gasteiger partial charge in [0.15, 0.2) is 0 Å². The van der Waals surface area contributed by atoms with Gasteiger partial charge in [0.05, 0.1) is 6.04 Å². The van der Waals surface area contributed by atoms with Crippen LogP contribution in [0.1, 0.15) is 25.8 Å². The summed E-state index contributed by atoms with van der Waals surface area (Å²) in [5.41, 5.74) is 7.34. The molecule has 0 saturated carbocycles. The number of benzene rings is 1. The molecule has 2 atom stereocenters. The predicted octanol–water partition coefficient (Wildman–Crippen LogP) is 2.01. The van der Waals surface area contributed by atoms with Crippen LogP contribution >= 0.6 is 0 Å². The first-order valence-corrected chi connectivity index (χ1v) is 5.81. The van der Waals surface area contributed by atoms with Crippen molar-refractivity contribution >= 4 is 11.6 Å². The fraction of sp³-hybridized carbons (Fsp3) is 0.462. The van der Waals surface area contributed by atoms with Crippen LogP contribution in [-0.2, 0) is 4.79 Å². The van der Waals surface area contributed by atoms with E-state index in [1.165, 1.54) is 6.07 Å². The van der Waals surface area contributed by atoms with Crippen LogP contribution in [0.25, 0.3) is 0 Å². The third-order valence-electron chi connectivity index (χ3n) is 3.03. The van der Waals surface area contributed by atoms with Gasteiger partial charge in [0.25, 0.3) is 0 Å². The summed E-state index contributed by atoms with van der Waals surface area (Å²) in [6, 6.07) is 4.31. The minimum Gasteiger partial charge on any atom is -0.508 e. The molecule has 0 aliphatic carbocycles. The summed E-state index contributed by atoms with van der Waals surface area (Å²) in [5.74, 6) is 0.146. The normalized spacial score (nSPS) is 14.1. The number of nitrogens with two attached hydrogens (primary N) is 1. The van der Waals surface area contributed by atoms with Crippen LogP contribution in [0.3, 0.4) is 0 Å². The molecule has 0 radical (unpaired) electrons. The molecular weight excluding hydrogens is 216 g/mol. The van der Waals surface area contributed by atoms with Crippen molar-refractivity contribution in [2.75, 3.05) is 5.32 Å². The maximum Gasteiger partial charge on any atom is 0.241 e. The second-order valence-corrected chi connectivity index (χ2v) is 4.40. The van der Waals surface area contributed by atoms with Crippen molar-refractivity contribution < 1.29 is 9.90 Å². The molecule has 0 spiro atoms. The van der Waals surface area contributed by atoms with Gasteiger partial charge in [-0.05, 0) is 36.6 Å². The summed E-state index contributed by atoms with van der Waals surface area (Å²) < 4.78 is 0. The smallest absolute Gasteiger partial charge is 0.241 e. The predicted molar refractivity (Wildman–Crippen MR) is 68.9 cm³/mol. The second kappa shape index (κ2) is 5.68. The summed E-state index contributed by atoms with van der Waals surface area (Å²) in [4.78, 5) is 11.9. The van der Waals surface area contributed by atoms with E-state index in [4.69, 9.17) is 5.73 Å². The lowest BCUT2D eigenvalue weighted by molar-refractivity contribution is -0.118. The quantitative estimate of drug-likeness (QED) is 0.700. The molecule has 94 valence electrons. The number of rotatable bonds is 4. The van der Waals surface area contributed by atoms with E-state index in [-0.39, 0.29) is 17.6 Å². The summed E-state index contributed by atoms with van der Waals surface area (Å²) >= 11 is 0. The lowest BCUT2D eigenvalue weighted by Crippen LogP contribution is -2.40. The lowest BCUT2D eigenvalue weighted by Gasteiger charge is -2.18. The van der Waals surface area contributed by atoms with E-state index in [9.17, 15) is 9.90 Å². The average molecular weight is 236 g/mol. The number of aryl methyl sites for hydroxylation is 1. The van der Waals surface area contributed by atoms with Crippen molar-refractivity contribution in [3.8, 4) is 5.75 Å². The van der Waals surface area contributed by atoms with Crippen LogP contribution in [-0.4, -0.2) is 17.1 Å². The molecule has 0 fully saturated rings. The van der Waals surface area contributed by atoms with Gasteiger partial charge >= 0.3 is 0 Å². The highest BCUT2D eigenvalue weighted by atomic mass is 16.3. The van der Waals surface area contributed by atoms with Crippen molar-refractivity contribution in [3.63, 3.8) is 0 Å². The van der Waals surface area contributed by atoms with E-state index in [1.54, 1.807) is 12.1 Å². The topological polar surface area (TPSA) is 75.4 Å². The third-order valence-corrected chi connectivity index (χ3v) is 3.03. The molecule has 4 heteroatoms. The molecule has 1 aromatic carbocycles. The molecule has 0 aliphatic heterocycles. The molecule has 1 amide bonds. The molecule has 0 bridgehead atoms. The zero-order valence-corrected chi connectivity index (χ0v) is 10.5. The number of aromatic hydroxyl groups is 1. The molecule has 1 unspecified atom stereocenters. The van der Waals surface area contributed by atoms with E-state index in [0.717, 1.165) is 12.0 Å². The number of anilines is 1. The van der Waals surface area contributed by atoms with Gasteiger partial charge in [-0.2, -0.15) is 0 Å². The Bertz CT molecular complexity index is 404. The standard InChI is InChI=1S/C13H20N2O2/c1-4-8(2)12(14)13(17)15-11-6-5-10(16)7-9(11)3/h5-8,12,16H,4,14H2,1-3H3,(H,15,17)/t8?,12-/m0/s1. The minimum absolute atomic E-state index is 0.146. The molecule has 0 saturated heterocycles. The lowest BCUT2D eigenvalue weighted by atomic mass is 9.99. The Morgan fingerprint density at radius 3 is 2.71 bits per heavy atom. The molecule has 0 aliphatic rings. The maximum atomic E-state index is 11.9. The Balaban J connectivity index is 2.74. The molecule has 4 nitrogen and oxygen atoms in total. The summed E-state index contributed by atoms with van der Waals surface area (Å²) in [5, 5.41) is 12.0. The van der Waals surface area contributed by atoms with Gasteiger partial charge in [-0.1, -0.05) is 20.3 Å². The Morgan fingerprint density at radius 2 is 2.18 bits per heavy atom. The molecule has 1 aromatic rings. The summed E-state index contributed by atoms with van der Waals surface area (Å²) in [7, 11) is 0. The fourth-order valence-corrected chi connectivity index (χ4v) is 1.52. The van der Waals surface area contributed by atoms with Crippen molar-refractivity contribution in [1.82, 2.24) is 0 Å². The van der Waals surface area contributed by atoms with Crippen LogP contribution in [0.4, 0.5) is 5.69 Å². The zero-order chi connectivity index (χ0) is 13.0. The second-order valence-electron chi connectivity index (χ2n) is 4.40. The first-order chi connectivity index (χ1) is 7.95. The average Bonchev–Trinajstić information content (AvgIpc) is 2.30. The van der Waals surface area contributed by atoms with Gasteiger partial charge in [0, 0.05) is 5.69 Å². The van der Waals surface area contributed by atoms with Crippen molar-refractivity contribution in [1.29, 1.82) is 0 Å². The third kappa shape index (κ3) is 3.46. The van der Waals surface area contributed by atoms with Crippen molar-refractivity contribution in [3.05, 3.63) is 23.8 Å². The van der Waals surface area contributed by atoms with E-state index < -0.39 is 6.04 Å². The highest BCUT2D eigenvalue weighted by Gasteiger charge is 2.19. The Labute approximate surface area is 102 Å². The number of phenols is 1. The van der Waals surface area contributed by atoms with Gasteiger partial charge in [-0.3, -0.25) is 4.79 Å². The SMILES string of the molecule is CCC(C)[C@H](N)C(=O)Nc1ccc(O)cc1C. The molecule has 1 rings (SSSR count). The summed E-state index contributed by atoms with van der Waals surface area (Å²) in [6.45, 7) is 5.78. The highest BCUT2D eigenvalue weighted by molar-refractivity contribution is 5.95. The largest absolute Gasteiger partial charge is 0.508 e. The molecular formula is C13H20N2O2. The number of nitrogens with one attached hydrogen (secondary N) is 1. The number of amides is 1. The van der Waals surface area contributed by atoms with E-state index in [0.29, 0.717) is 5.69 Å². The fourth-order valence-electron chi connectivity index (χ4n) is 1.52. The number of carbonyl (C=O) groups excluding carboxylic acids is 1. The summed E-state index contributed by atoms with van der Waals surface area (Å²) in [6.07, 6.45) is 0.864. The van der Waals surface area contributed by atoms with Gasteiger partial charge in [-0.15, -0.1) is 0 Å². The first-order valence-electron chi connectivity index (χ1n) is 5.81. The molecule has 17 heavy (non-hydrogen) atoms. The Hall–Kier alpha value is -1.55. The van der Waals surface area contributed by atoms with E-state index >= 15 is 0 Å². The van der Waals surface area contributed by atoms with Crippen LogP contribution < -0.4 is 11.1 Å². The van der Waals surface area contributed by atoms with Gasteiger partial charge < -0.3 is 16.2 Å². The number of hydrogen-bond acceptors (Lipinski definition) is 3. The van der Waals surface area contributed by atoms with E-state index in [2.05, 4.69) is 5.32 Å². The Morgan fingerprint density at radius 1 is 1.53 bits per heavy atom. The minimum atomic E-state index is -0.506. The monoisotopic (exact) mass is 236 g/mol. The molecule has 0 heterocycles. The van der Waals surface area contributed by atoms with Crippen molar-refractivity contribution in [2.45, 2.75) is 33.2 Å². The number of carbonyl (C=O) groups is 1. The molecule has 4 N–H and O–H groups in total. The highest BCUT2D eigenvalue weighted by Crippen LogP contribution is 2.20. The maximum absolute atomic E-state index is 11.9. The van der Waals surface area contributed by atoms with Crippen LogP contribution in [0.2, 0.25) is 0 Å².